The molecule has 2 fully saturated rings. The van der Waals surface area contributed by atoms with Gasteiger partial charge in [0.05, 0.1) is 6.10 Å². The fraction of sp³-hybridized carbons (Fsp3) is 0.950. The van der Waals surface area contributed by atoms with Crippen LogP contribution in [0.1, 0.15) is 59.8 Å². The molecular formula is C20H40N4O. The zero-order valence-corrected chi connectivity index (χ0v) is 17.1. The smallest absolute Gasteiger partial charge is 0.191 e. The highest BCUT2D eigenvalue weighted by atomic mass is 16.5. The van der Waals surface area contributed by atoms with E-state index in [2.05, 4.69) is 48.2 Å². The zero-order chi connectivity index (χ0) is 18.3. The quantitative estimate of drug-likeness (QED) is 0.590. The van der Waals surface area contributed by atoms with Crippen molar-refractivity contribution in [3.05, 3.63) is 0 Å². The summed E-state index contributed by atoms with van der Waals surface area (Å²) in [7, 11) is 1.86. The fourth-order valence-corrected chi connectivity index (χ4v) is 4.27. The zero-order valence-electron chi connectivity index (χ0n) is 17.1. The molecule has 2 aliphatic rings. The monoisotopic (exact) mass is 352 g/mol. The van der Waals surface area contributed by atoms with E-state index in [1.807, 2.05) is 7.05 Å². The molecule has 0 aromatic carbocycles. The normalized spacial score (nSPS) is 29.5. The first-order valence-electron chi connectivity index (χ1n) is 10.2. The Hall–Kier alpha value is -0.810. The number of guanidine groups is 1. The first-order chi connectivity index (χ1) is 11.9. The van der Waals surface area contributed by atoms with Gasteiger partial charge in [0.1, 0.15) is 0 Å². The molecule has 2 N–H and O–H groups in total. The molecule has 0 aromatic rings. The number of likely N-dealkylation sites (tertiary alicyclic amines) is 1. The molecule has 2 heterocycles. The fourth-order valence-electron chi connectivity index (χ4n) is 4.27. The number of aliphatic imine (C=N–C) groups is 1. The second-order valence-corrected chi connectivity index (χ2v) is 8.82. The second-order valence-electron chi connectivity index (χ2n) is 8.82. The third-order valence-corrected chi connectivity index (χ3v) is 5.69. The first-order valence-corrected chi connectivity index (χ1v) is 10.2. The standard InChI is InChI=1S/C20H40N4O/c1-16-9-6-7-12-24(16)13-11-22-19(21-5)23-15-17-10-8-14-25-18(17)20(2,3)4/h16-18H,6-15H2,1-5H3,(H2,21,22,23). The molecule has 25 heavy (non-hydrogen) atoms. The minimum atomic E-state index is 0.189. The molecule has 3 unspecified atom stereocenters. The van der Waals surface area contributed by atoms with E-state index in [1.165, 1.54) is 32.2 Å². The second kappa shape index (κ2) is 9.77. The maximum absolute atomic E-state index is 6.09. The van der Waals surface area contributed by atoms with Crippen molar-refractivity contribution in [2.45, 2.75) is 71.9 Å². The Labute approximate surface area is 155 Å². The largest absolute Gasteiger partial charge is 0.377 e. The Bertz CT molecular complexity index is 418. The van der Waals surface area contributed by atoms with Gasteiger partial charge in [-0.25, -0.2) is 0 Å². The van der Waals surface area contributed by atoms with Gasteiger partial charge in [0.15, 0.2) is 5.96 Å². The average Bonchev–Trinajstić information content (AvgIpc) is 2.59. The molecule has 0 bridgehead atoms. The van der Waals surface area contributed by atoms with Crippen molar-refractivity contribution in [1.29, 1.82) is 0 Å². The summed E-state index contributed by atoms with van der Waals surface area (Å²) in [6.07, 6.45) is 6.78. The van der Waals surface area contributed by atoms with Crippen molar-refractivity contribution in [3.8, 4) is 0 Å². The number of piperidine rings is 1. The summed E-state index contributed by atoms with van der Waals surface area (Å²) >= 11 is 0. The lowest BCUT2D eigenvalue weighted by molar-refractivity contribution is -0.0835. The third kappa shape index (κ3) is 6.45. The Balaban J connectivity index is 1.74. The van der Waals surface area contributed by atoms with Crippen LogP contribution in [0.15, 0.2) is 4.99 Å². The third-order valence-electron chi connectivity index (χ3n) is 5.69. The summed E-state index contributed by atoms with van der Waals surface area (Å²) in [5.74, 6) is 1.47. The predicted octanol–water partition coefficient (Wildman–Crippen LogP) is 2.87. The molecule has 2 saturated heterocycles. The van der Waals surface area contributed by atoms with E-state index in [0.29, 0.717) is 12.0 Å². The van der Waals surface area contributed by atoms with Gasteiger partial charge in [0, 0.05) is 45.2 Å². The summed E-state index contributed by atoms with van der Waals surface area (Å²) in [4.78, 5) is 6.99. The molecule has 146 valence electrons. The molecular weight excluding hydrogens is 312 g/mol. The SMILES string of the molecule is CN=C(NCCN1CCCCC1C)NCC1CCCOC1C(C)(C)C. The molecule has 0 saturated carbocycles. The van der Waals surface area contributed by atoms with E-state index < -0.39 is 0 Å². The van der Waals surface area contributed by atoms with Crippen molar-refractivity contribution >= 4 is 5.96 Å². The predicted molar refractivity (Wildman–Crippen MR) is 106 cm³/mol. The molecule has 0 aromatic heterocycles. The van der Waals surface area contributed by atoms with E-state index in [9.17, 15) is 0 Å². The molecule has 0 amide bonds. The van der Waals surface area contributed by atoms with Gasteiger partial charge in [-0.3, -0.25) is 9.89 Å². The lowest BCUT2D eigenvalue weighted by Gasteiger charge is -2.40. The topological polar surface area (TPSA) is 48.9 Å². The van der Waals surface area contributed by atoms with Crippen LogP contribution in [-0.2, 0) is 4.74 Å². The van der Waals surface area contributed by atoms with Crippen LogP contribution in [0.25, 0.3) is 0 Å². The Kier molecular flexibility index (Phi) is 8.01. The molecule has 5 nitrogen and oxygen atoms in total. The molecule has 5 heteroatoms. The van der Waals surface area contributed by atoms with Gasteiger partial charge in [-0.15, -0.1) is 0 Å². The summed E-state index contributed by atoms with van der Waals surface area (Å²) in [6, 6.07) is 0.720. The number of ether oxygens (including phenoxy) is 1. The van der Waals surface area contributed by atoms with Crippen LogP contribution in [0.4, 0.5) is 0 Å². The van der Waals surface area contributed by atoms with Gasteiger partial charge in [0.2, 0.25) is 0 Å². The highest BCUT2D eigenvalue weighted by Crippen LogP contribution is 2.33. The van der Waals surface area contributed by atoms with Gasteiger partial charge in [-0.05, 0) is 44.6 Å². The van der Waals surface area contributed by atoms with Crippen molar-refractivity contribution in [2.24, 2.45) is 16.3 Å². The van der Waals surface area contributed by atoms with Crippen molar-refractivity contribution in [3.63, 3.8) is 0 Å². The van der Waals surface area contributed by atoms with Crippen molar-refractivity contribution in [2.75, 3.05) is 39.8 Å². The Morgan fingerprint density at radius 2 is 1.96 bits per heavy atom. The molecule has 0 spiro atoms. The summed E-state index contributed by atoms with van der Waals surface area (Å²) in [6.45, 7) is 14.3. The van der Waals surface area contributed by atoms with Gasteiger partial charge in [0.25, 0.3) is 0 Å². The van der Waals surface area contributed by atoms with Crippen LogP contribution in [0.2, 0.25) is 0 Å². The van der Waals surface area contributed by atoms with Crippen LogP contribution < -0.4 is 10.6 Å². The number of hydrogen-bond acceptors (Lipinski definition) is 3. The van der Waals surface area contributed by atoms with E-state index in [4.69, 9.17) is 4.74 Å². The minimum Gasteiger partial charge on any atom is -0.377 e. The van der Waals surface area contributed by atoms with E-state index in [1.54, 1.807) is 0 Å². The van der Waals surface area contributed by atoms with Gasteiger partial charge in [-0.1, -0.05) is 27.2 Å². The van der Waals surface area contributed by atoms with Crippen molar-refractivity contribution < 1.29 is 4.74 Å². The summed E-state index contributed by atoms with van der Waals surface area (Å²) in [5.41, 5.74) is 0.189. The molecule has 2 rings (SSSR count). The molecule has 3 atom stereocenters. The minimum absolute atomic E-state index is 0.189. The molecule has 0 radical (unpaired) electrons. The summed E-state index contributed by atoms with van der Waals surface area (Å²) in [5, 5.41) is 7.02. The highest BCUT2D eigenvalue weighted by molar-refractivity contribution is 5.79. The number of rotatable bonds is 5. The van der Waals surface area contributed by atoms with Crippen LogP contribution in [0.3, 0.4) is 0 Å². The van der Waals surface area contributed by atoms with Crippen LogP contribution in [0, 0.1) is 11.3 Å². The van der Waals surface area contributed by atoms with Crippen LogP contribution in [-0.4, -0.2) is 62.8 Å². The Morgan fingerprint density at radius 1 is 1.16 bits per heavy atom. The van der Waals surface area contributed by atoms with E-state index in [-0.39, 0.29) is 5.41 Å². The number of nitrogens with one attached hydrogen (secondary N) is 2. The molecule has 2 aliphatic heterocycles. The number of hydrogen-bond donors (Lipinski definition) is 2. The lowest BCUT2D eigenvalue weighted by Crippen LogP contribution is -2.49. The maximum Gasteiger partial charge on any atom is 0.191 e. The van der Waals surface area contributed by atoms with E-state index in [0.717, 1.165) is 44.7 Å². The van der Waals surface area contributed by atoms with E-state index >= 15 is 0 Å². The van der Waals surface area contributed by atoms with Gasteiger partial charge < -0.3 is 15.4 Å². The Morgan fingerprint density at radius 3 is 2.64 bits per heavy atom. The maximum atomic E-state index is 6.09. The molecule has 0 aliphatic carbocycles. The highest BCUT2D eigenvalue weighted by Gasteiger charge is 2.35. The lowest BCUT2D eigenvalue weighted by atomic mass is 9.78. The van der Waals surface area contributed by atoms with Crippen LogP contribution >= 0.6 is 0 Å². The van der Waals surface area contributed by atoms with Gasteiger partial charge >= 0.3 is 0 Å². The summed E-state index contributed by atoms with van der Waals surface area (Å²) < 4.78 is 6.09. The first kappa shape index (κ1) is 20.5. The number of nitrogens with zero attached hydrogens (tertiary/aromatic N) is 2. The van der Waals surface area contributed by atoms with Gasteiger partial charge in [-0.2, -0.15) is 0 Å². The van der Waals surface area contributed by atoms with Crippen LogP contribution in [0.5, 0.6) is 0 Å². The van der Waals surface area contributed by atoms with Crippen molar-refractivity contribution in [1.82, 2.24) is 15.5 Å². The average molecular weight is 353 g/mol.